The number of thiol groups is 1. The quantitative estimate of drug-likeness (QED) is 0.758. The van der Waals surface area contributed by atoms with E-state index in [-0.39, 0.29) is 18.2 Å². The molecule has 5 heteroatoms. The summed E-state index contributed by atoms with van der Waals surface area (Å²) in [6, 6.07) is 0.114. The maximum absolute atomic E-state index is 11.9. The van der Waals surface area contributed by atoms with Gasteiger partial charge in [-0.15, -0.1) is 0 Å². The summed E-state index contributed by atoms with van der Waals surface area (Å²) in [7, 11) is 1.67. The van der Waals surface area contributed by atoms with E-state index in [2.05, 4.69) is 12.6 Å². The molecule has 0 spiro atoms. The zero-order chi connectivity index (χ0) is 12.3. The molecular weight excluding hydrogens is 226 g/mol. The normalized spacial score (nSPS) is 25.9. The second kappa shape index (κ2) is 5.27. The van der Waals surface area contributed by atoms with Crippen molar-refractivity contribution in [2.75, 3.05) is 19.4 Å². The van der Waals surface area contributed by atoms with Gasteiger partial charge in [-0.25, -0.2) is 4.79 Å². The van der Waals surface area contributed by atoms with Crippen LogP contribution in [0.15, 0.2) is 0 Å². The second-order valence-electron chi connectivity index (χ2n) is 5.06. The summed E-state index contributed by atoms with van der Waals surface area (Å²) in [5, 5.41) is 0. The van der Waals surface area contributed by atoms with Gasteiger partial charge in [0.05, 0.1) is 12.6 Å². The Bertz CT molecular complexity index is 252. The standard InChI is InChI=1S/C11H21NO3S/c1-11(2,3)15-10(13)12-6-9(14-4)5-8(12)7-16/h8-9,16H,5-7H2,1-4H3/t8-,9-/m1/s1. The number of hydrogen-bond acceptors (Lipinski definition) is 4. The number of amides is 1. The van der Waals surface area contributed by atoms with Crippen LogP contribution >= 0.6 is 12.6 Å². The molecule has 1 rings (SSSR count). The van der Waals surface area contributed by atoms with Gasteiger partial charge in [0.15, 0.2) is 0 Å². The van der Waals surface area contributed by atoms with E-state index in [4.69, 9.17) is 9.47 Å². The number of rotatable bonds is 2. The molecule has 0 radical (unpaired) electrons. The molecule has 1 amide bonds. The Morgan fingerprint density at radius 1 is 1.50 bits per heavy atom. The van der Waals surface area contributed by atoms with Crippen molar-refractivity contribution in [3.63, 3.8) is 0 Å². The molecule has 0 N–H and O–H groups in total. The lowest BCUT2D eigenvalue weighted by atomic mass is 10.2. The first-order valence-electron chi connectivity index (χ1n) is 5.50. The van der Waals surface area contributed by atoms with Gasteiger partial charge in [0.1, 0.15) is 5.60 Å². The zero-order valence-corrected chi connectivity index (χ0v) is 11.3. The fraction of sp³-hybridized carbons (Fsp3) is 0.909. The summed E-state index contributed by atoms with van der Waals surface area (Å²) in [6.45, 7) is 6.19. The molecule has 1 aliphatic rings. The van der Waals surface area contributed by atoms with Crippen LogP contribution in [0.5, 0.6) is 0 Å². The van der Waals surface area contributed by atoms with E-state index in [0.29, 0.717) is 12.3 Å². The van der Waals surface area contributed by atoms with Crippen molar-refractivity contribution in [3.05, 3.63) is 0 Å². The van der Waals surface area contributed by atoms with Crippen LogP contribution in [-0.4, -0.2) is 48.1 Å². The molecule has 94 valence electrons. The average Bonchev–Trinajstić information content (AvgIpc) is 2.58. The first kappa shape index (κ1) is 13.6. The lowest BCUT2D eigenvalue weighted by Crippen LogP contribution is -2.40. The van der Waals surface area contributed by atoms with Gasteiger partial charge in [-0.1, -0.05) is 0 Å². The maximum Gasteiger partial charge on any atom is 0.410 e. The van der Waals surface area contributed by atoms with E-state index >= 15 is 0 Å². The number of carbonyl (C=O) groups excluding carboxylic acids is 1. The molecule has 0 bridgehead atoms. The van der Waals surface area contributed by atoms with Gasteiger partial charge in [0.25, 0.3) is 0 Å². The molecule has 1 aliphatic heterocycles. The van der Waals surface area contributed by atoms with Crippen molar-refractivity contribution < 1.29 is 14.3 Å². The van der Waals surface area contributed by atoms with Crippen LogP contribution in [0.1, 0.15) is 27.2 Å². The molecule has 2 atom stereocenters. The molecule has 0 aliphatic carbocycles. The van der Waals surface area contributed by atoms with Crippen LogP contribution in [0.2, 0.25) is 0 Å². The van der Waals surface area contributed by atoms with Crippen LogP contribution in [0.4, 0.5) is 4.79 Å². The van der Waals surface area contributed by atoms with E-state index in [1.165, 1.54) is 0 Å². The average molecular weight is 247 g/mol. The van der Waals surface area contributed by atoms with E-state index in [9.17, 15) is 4.79 Å². The minimum atomic E-state index is -0.455. The van der Waals surface area contributed by atoms with Gasteiger partial charge in [-0.2, -0.15) is 12.6 Å². The topological polar surface area (TPSA) is 38.8 Å². The molecule has 4 nitrogen and oxygen atoms in total. The third-order valence-corrected chi connectivity index (χ3v) is 2.97. The van der Waals surface area contributed by atoms with Crippen molar-refractivity contribution in [1.29, 1.82) is 0 Å². The lowest BCUT2D eigenvalue weighted by molar-refractivity contribution is 0.0210. The Morgan fingerprint density at radius 2 is 2.12 bits per heavy atom. The molecular formula is C11H21NO3S. The van der Waals surface area contributed by atoms with Crippen molar-refractivity contribution in [3.8, 4) is 0 Å². The van der Waals surface area contributed by atoms with E-state index in [0.717, 1.165) is 6.42 Å². The van der Waals surface area contributed by atoms with Crippen molar-refractivity contribution in [1.82, 2.24) is 4.90 Å². The van der Waals surface area contributed by atoms with Crippen molar-refractivity contribution in [2.24, 2.45) is 0 Å². The summed E-state index contributed by atoms with van der Waals surface area (Å²) in [5.41, 5.74) is -0.455. The van der Waals surface area contributed by atoms with Crippen LogP contribution in [-0.2, 0) is 9.47 Å². The van der Waals surface area contributed by atoms with Gasteiger partial charge in [-0.05, 0) is 27.2 Å². The Balaban J connectivity index is 2.61. The molecule has 0 aromatic heterocycles. The van der Waals surface area contributed by atoms with Crippen LogP contribution in [0, 0.1) is 0 Å². The fourth-order valence-corrected chi connectivity index (χ4v) is 2.11. The summed E-state index contributed by atoms with van der Waals surface area (Å²) < 4.78 is 10.6. The Kier molecular flexibility index (Phi) is 4.50. The SMILES string of the molecule is CO[C@@H]1C[C@H](CS)N(C(=O)OC(C)(C)C)C1. The second-order valence-corrected chi connectivity index (χ2v) is 5.43. The Labute approximate surface area is 103 Å². The highest BCUT2D eigenvalue weighted by Crippen LogP contribution is 2.23. The molecule has 1 fully saturated rings. The Hall–Kier alpha value is -0.420. The van der Waals surface area contributed by atoms with Gasteiger partial charge in [-0.3, -0.25) is 0 Å². The van der Waals surface area contributed by atoms with Crippen molar-refractivity contribution >= 4 is 18.7 Å². The molecule has 0 aromatic carbocycles. The smallest absolute Gasteiger partial charge is 0.410 e. The predicted molar refractivity (Wildman–Crippen MR) is 66.0 cm³/mol. The number of methoxy groups -OCH3 is 1. The molecule has 16 heavy (non-hydrogen) atoms. The van der Waals surface area contributed by atoms with Crippen molar-refractivity contribution in [2.45, 2.75) is 44.9 Å². The van der Waals surface area contributed by atoms with Gasteiger partial charge < -0.3 is 14.4 Å². The largest absolute Gasteiger partial charge is 0.444 e. The summed E-state index contributed by atoms with van der Waals surface area (Å²) >= 11 is 4.26. The van der Waals surface area contributed by atoms with E-state index in [1.54, 1.807) is 12.0 Å². The highest BCUT2D eigenvalue weighted by Gasteiger charge is 2.36. The monoisotopic (exact) mass is 247 g/mol. The molecule has 1 heterocycles. The summed E-state index contributed by atoms with van der Waals surface area (Å²) in [4.78, 5) is 13.6. The minimum absolute atomic E-state index is 0.102. The first-order chi connectivity index (χ1) is 7.37. The minimum Gasteiger partial charge on any atom is -0.444 e. The highest BCUT2D eigenvalue weighted by molar-refractivity contribution is 7.80. The summed E-state index contributed by atoms with van der Waals surface area (Å²) in [6.07, 6.45) is 0.662. The molecule has 1 saturated heterocycles. The van der Waals surface area contributed by atoms with E-state index in [1.807, 2.05) is 20.8 Å². The first-order valence-corrected chi connectivity index (χ1v) is 6.14. The highest BCUT2D eigenvalue weighted by atomic mass is 32.1. The number of ether oxygens (including phenoxy) is 2. The number of nitrogens with zero attached hydrogens (tertiary/aromatic N) is 1. The van der Waals surface area contributed by atoms with Crippen LogP contribution in [0.25, 0.3) is 0 Å². The molecule has 0 saturated carbocycles. The maximum atomic E-state index is 11.9. The third-order valence-electron chi connectivity index (χ3n) is 2.55. The predicted octanol–water partition coefficient (Wildman–Crippen LogP) is 1.94. The fourth-order valence-electron chi connectivity index (χ4n) is 1.76. The lowest BCUT2D eigenvalue weighted by Gasteiger charge is -2.27. The van der Waals surface area contributed by atoms with Gasteiger partial charge in [0.2, 0.25) is 0 Å². The van der Waals surface area contributed by atoms with Gasteiger partial charge in [0, 0.05) is 18.9 Å². The number of carbonyl (C=O) groups is 1. The van der Waals surface area contributed by atoms with Gasteiger partial charge >= 0.3 is 6.09 Å². The molecule has 0 unspecified atom stereocenters. The Morgan fingerprint density at radius 3 is 2.56 bits per heavy atom. The zero-order valence-electron chi connectivity index (χ0n) is 10.4. The number of hydrogen-bond donors (Lipinski definition) is 1. The van der Waals surface area contributed by atoms with Crippen LogP contribution < -0.4 is 0 Å². The van der Waals surface area contributed by atoms with Crippen LogP contribution in [0.3, 0.4) is 0 Å². The number of likely N-dealkylation sites (tertiary alicyclic amines) is 1. The summed E-state index contributed by atoms with van der Waals surface area (Å²) in [5.74, 6) is 0.638. The third kappa shape index (κ3) is 3.56. The molecule has 0 aromatic rings. The van der Waals surface area contributed by atoms with E-state index < -0.39 is 5.60 Å².